The highest BCUT2D eigenvalue weighted by Gasteiger charge is 2.26. The summed E-state index contributed by atoms with van der Waals surface area (Å²) in [6.07, 6.45) is 1.53. The van der Waals surface area contributed by atoms with Gasteiger partial charge in [-0.2, -0.15) is 0 Å². The van der Waals surface area contributed by atoms with Gasteiger partial charge in [0.2, 0.25) is 5.91 Å². The summed E-state index contributed by atoms with van der Waals surface area (Å²) in [7, 11) is 1.28. The van der Waals surface area contributed by atoms with Crippen LogP contribution in [-0.2, 0) is 14.3 Å². The van der Waals surface area contributed by atoms with Crippen LogP contribution < -0.4 is 0 Å². The molecular formula is C12H21NO3. The van der Waals surface area contributed by atoms with Gasteiger partial charge in [0.1, 0.15) is 6.42 Å². The van der Waals surface area contributed by atoms with E-state index < -0.39 is 5.97 Å². The molecule has 0 bridgehead atoms. The van der Waals surface area contributed by atoms with Gasteiger partial charge in [-0.05, 0) is 34.6 Å². The normalized spacial score (nSPS) is 10.6. The molecule has 0 spiro atoms. The van der Waals surface area contributed by atoms with E-state index in [-0.39, 0.29) is 17.9 Å². The molecule has 0 aliphatic rings. The van der Waals surface area contributed by atoms with Crippen LogP contribution in [-0.4, -0.2) is 29.4 Å². The van der Waals surface area contributed by atoms with Gasteiger partial charge in [0.25, 0.3) is 0 Å². The lowest BCUT2D eigenvalue weighted by Crippen LogP contribution is -2.42. The molecule has 0 fully saturated rings. The summed E-state index contributed by atoms with van der Waals surface area (Å²) >= 11 is 0. The maximum absolute atomic E-state index is 11.9. The van der Waals surface area contributed by atoms with Crippen molar-refractivity contribution in [2.45, 2.75) is 46.6 Å². The smallest absolute Gasteiger partial charge is 0.315 e. The average Bonchev–Trinajstić information content (AvgIpc) is 2.11. The van der Waals surface area contributed by atoms with Crippen molar-refractivity contribution in [3.63, 3.8) is 0 Å². The number of esters is 1. The molecule has 0 rings (SSSR count). The molecule has 1 amide bonds. The van der Waals surface area contributed by atoms with Gasteiger partial charge in [-0.15, -0.1) is 0 Å². The van der Waals surface area contributed by atoms with E-state index >= 15 is 0 Å². The first-order chi connectivity index (χ1) is 7.18. The van der Waals surface area contributed by atoms with Crippen LogP contribution in [0.5, 0.6) is 0 Å². The van der Waals surface area contributed by atoms with Gasteiger partial charge in [0.05, 0.1) is 7.11 Å². The van der Waals surface area contributed by atoms with Crippen molar-refractivity contribution in [1.29, 1.82) is 0 Å². The Hall–Kier alpha value is -1.32. The van der Waals surface area contributed by atoms with Crippen LogP contribution in [0.1, 0.15) is 41.0 Å². The molecule has 0 saturated carbocycles. The molecule has 16 heavy (non-hydrogen) atoms. The average molecular weight is 227 g/mol. The van der Waals surface area contributed by atoms with Gasteiger partial charge in [-0.3, -0.25) is 9.59 Å². The monoisotopic (exact) mass is 227 g/mol. The molecule has 0 aromatic rings. The van der Waals surface area contributed by atoms with Crippen molar-refractivity contribution >= 4 is 11.9 Å². The molecule has 0 aromatic carbocycles. The highest BCUT2D eigenvalue weighted by atomic mass is 16.5. The first-order valence-electron chi connectivity index (χ1n) is 5.22. The molecule has 0 radical (unpaired) electrons. The van der Waals surface area contributed by atoms with Gasteiger partial charge in [0.15, 0.2) is 0 Å². The summed E-state index contributed by atoms with van der Waals surface area (Å²) in [5, 5.41) is 0. The van der Waals surface area contributed by atoms with Crippen LogP contribution in [0.4, 0.5) is 0 Å². The summed E-state index contributed by atoms with van der Waals surface area (Å²) in [5.74, 6) is -0.762. The molecule has 4 nitrogen and oxygen atoms in total. The standard InChI is InChI=1S/C12H21NO3/c1-9(2)8-13(12(3,4)5)10(14)7-11(15)16-6/h8H,7H2,1-6H3. The van der Waals surface area contributed by atoms with Crippen molar-refractivity contribution in [2.24, 2.45) is 0 Å². The van der Waals surface area contributed by atoms with E-state index in [0.29, 0.717) is 0 Å². The molecule has 0 saturated heterocycles. The largest absolute Gasteiger partial charge is 0.469 e. The van der Waals surface area contributed by atoms with Crippen molar-refractivity contribution in [3.05, 3.63) is 11.8 Å². The Bertz CT molecular complexity index is 296. The third-order valence-corrected chi connectivity index (χ3v) is 1.90. The highest BCUT2D eigenvalue weighted by Crippen LogP contribution is 2.16. The lowest BCUT2D eigenvalue weighted by molar-refractivity contribution is -0.147. The van der Waals surface area contributed by atoms with Gasteiger partial charge >= 0.3 is 5.97 Å². The molecular weight excluding hydrogens is 206 g/mol. The first kappa shape index (κ1) is 14.7. The van der Waals surface area contributed by atoms with Crippen LogP contribution >= 0.6 is 0 Å². The third-order valence-electron chi connectivity index (χ3n) is 1.90. The Morgan fingerprint density at radius 1 is 1.25 bits per heavy atom. The van der Waals surface area contributed by atoms with Gasteiger partial charge in [0, 0.05) is 11.7 Å². The second-order valence-electron chi connectivity index (χ2n) is 4.89. The van der Waals surface area contributed by atoms with Crippen LogP contribution in [0.25, 0.3) is 0 Å². The second-order valence-corrected chi connectivity index (χ2v) is 4.89. The number of rotatable bonds is 3. The second kappa shape index (κ2) is 5.68. The van der Waals surface area contributed by atoms with Gasteiger partial charge in [-0.1, -0.05) is 5.57 Å². The predicted molar refractivity (Wildman–Crippen MR) is 62.7 cm³/mol. The number of methoxy groups -OCH3 is 1. The van der Waals surface area contributed by atoms with Gasteiger partial charge < -0.3 is 9.64 Å². The van der Waals surface area contributed by atoms with Crippen molar-refractivity contribution in [1.82, 2.24) is 4.90 Å². The lowest BCUT2D eigenvalue weighted by atomic mass is 10.1. The van der Waals surface area contributed by atoms with E-state index in [9.17, 15) is 9.59 Å². The Morgan fingerprint density at radius 3 is 2.06 bits per heavy atom. The summed E-state index contributed by atoms with van der Waals surface area (Å²) in [4.78, 5) is 24.5. The first-order valence-corrected chi connectivity index (χ1v) is 5.22. The maximum atomic E-state index is 11.9. The van der Waals surface area contributed by atoms with Crippen LogP contribution in [0.2, 0.25) is 0 Å². The molecule has 0 heterocycles. The van der Waals surface area contributed by atoms with Crippen LogP contribution in [0.3, 0.4) is 0 Å². The minimum atomic E-state index is -0.513. The summed E-state index contributed by atoms with van der Waals surface area (Å²) in [5.41, 5.74) is 0.663. The zero-order valence-corrected chi connectivity index (χ0v) is 11.0. The molecule has 0 aromatic heterocycles. The van der Waals surface area contributed by atoms with E-state index in [1.807, 2.05) is 34.6 Å². The highest BCUT2D eigenvalue weighted by molar-refractivity contribution is 5.95. The summed E-state index contributed by atoms with van der Waals surface area (Å²) in [6.45, 7) is 9.57. The summed E-state index contributed by atoms with van der Waals surface area (Å²) < 4.78 is 4.48. The fourth-order valence-corrected chi connectivity index (χ4v) is 1.18. The number of carbonyl (C=O) groups is 2. The number of nitrogens with zero attached hydrogens (tertiary/aromatic N) is 1. The lowest BCUT2D eigenvalue weighted by Gasteiger charge is -2.33. The molecule has 0 atom stereocenters. The fourth-order valence-electron chi connectivity index (χ4n) is 1.18. The minimum absolute atomic E-state index is 0.225. The molecule has 0 aliphatic heterocycles. The molecule has 0 N–H and O–H groups in total. The van der Waals surface area contributed by atoms with E-state index in [2.05, 4.69) is 4.74 Å². The van der Waals surface area contributed by atoms with E-state index in [1.54, 1.807) is 11.1 Å². The van der Waals surface area contributed by atoms with E-state index in [4.69, 9.17) is 0 Å². The molecule has 4 heteroatoms. The maximum Gasteiger partial charge on any atom is 0.315 e. The number of hydrogen-bond acceptors (Lipinski definition) is 3. The van der Waals surface area contributed by atoms with Crippen molar-refractivity contribution in [3.8, 4) is 0 Å². The zero-order valence-electron chi connectivity index (χ0n) is 11.0. The Labute approximate surface area is 97.3 Å². The summed E-state index contributed by atoms with van der Waals surface area (Å²) in [6, 6.07) is 0. The number of carbonyl (C=O) groups excluding carboxylic acids is 2. The third kappa shape index (κ3) is 4.96. The number of amides is 1. The zero-order chi connectivity index (χ0) is 12.9. The minimum Gasteiger partial charge on any atom is -0.469 e. The van der Waals surface area contributed by atoms with E-state index in [1.165, 1.54) is 7.11 Å². The Kier molecular flexibility index (Phi) is 5.21. The van der Waals surface area contributed by atoms with Crippen molar-refractivity contribution in [2.75, 3.05) is 7.11 Å². The van der Waals surface area contributed by atoms with Gasteiger partial charge in [-0.25, -0.2) is 0 Å². The Balaban J connectivity index is 4.86. The fraction of sp³-hybridized carbons (Fsp3) is 0.667. The number of ether oxygens (including phenoxy) is 1. The van der Waals surface area contributed by atoms with Crippen LogP contribution in [0.15, 0.2) is 11.8 Å². The quantitative estimate of drug-likeness (QED) is 0.548. The molecule has 0 unspecified atom stereocenters. The number of allylic oxidation sites excluding steroid dienone is 1. The predicted octanol–water partition coefficient (Wildman–Crippen LogP) is 2.10. The SMILES string of the molecule is COC(=O)CC(=O)N(C=C(C)C)C(C)(C)C. The molecule has 92 valence electrons. The number of hydrogen-bond donors (Lipinski definition) is 0. The van der Waals surface area contributed by atoms with E-state index in [0.717, 1.165) is 5.57 Å². The topological polar surface area (TPSA) is 46.6 Å². The molecule has 0 aliphatic carbocycles. The van der Waals surface area contributed by atoms with Crippen molar-refractivity contribution < 1.29 is 14.3 Å². The Morgan fingerprint density at radius 2 is 1.75 bits per heavy atom. The van der Waals surface area contributed by atoms with Crippen LogP contribution in [0, 0.1) is 0 Å².